The molecule has 9 heteroatoms. The number of ether oxygens (including phenoxy) is 1. The number of benzene rings is 2. The van der Waals surface area contributed by atoms with Crippen molar-refractivity contribution in [2.45, 2.75) is 11.5 Å². The van der Waals surface area contributed by atoms with E-state index in [0.717, 1.165) is 0 Å². The van der Waals surface area contributed by atoms with Gasteiger partial charge >= 0.3 is 5.97 Å². The second kappa shape index (κ2) is 8.16. The van der Waals surface area contributed by atoms with E-state index in [1.54, 1.807) is 18.2 Å². The largest absolute Gasteiger partial charge is 0.457 e. The van der Waals surface area contributed by atoms with Crippen molar-refractivity contribution in [2.24, 2.45) is 0 Å². The molecule has 0 saturated heterocycles. The quantitative estimate of drug-likeness (QED) is 0.544. The fraction of sp³-hybridized carbons (Fsp3) is 0.188. The van der Waals surface area contributed by atoms with Gasteiger partial charge in [-0.1, -0.05) is 39.8 Å². The van der Waals surface area contributed by atoms with Crippen molar-refractivity contribution in [3.63, 3.8) is 0 Å². The van der Waals surface area contributed by atoms with Crippen LogP contribution in [0.2, 0.25) is 10.0 Å². The minimum absolute atomic E-state index is 0.0231. The standard InChI is InChI=1S/C16H15Cl2NO5S/c1-19(23-2)25(21,22)13-5-3-4-12(9-13)16(20)24-10-11-6-7-14(17)15(18)8-11/h3-9H,10H2,1-2H3. The molecule has 134 valence electrons. The van der Waals surface area contributed by atoms with Gasteiger partial charge in [-0.25, -0.2) is 13.2 Å². The average molecular weight is 404 g/mol. The second-order valence-corrected chi connectivity index (χ2v) is 7.70. The molecule has 0 aliphatic rings. The predicted octanol–water partition coefficient (Wildman–Crippen LogP) is 3.53. The summed E-state index contributed by atoms with van der Waals surface area (Å²) in [5, 5.41) is 0.753. The van der Waals surface area contributed by atoms with Crippen molar-refractivity contribution < 1.29 is 22.8 Å². The molecule has 0 N–H and O–H groups in total. The summed E-state index contributed by atoms with van der Waals surface area (Å²) < 4.78 is 30.3. The fourth-order valence-corrected chi connectivity index (χ4v) is 3.23. The van der Waals surface area contributed by atoms with Gasteiger partial charge in [0.05, 0.1) is 27.6 Å². The molecule has 0 aliphatic carbocycles. The number of sulfonamides is 1. The van der Waals surface area contributed by atoms with Crippen LogP contribution < -0.4 is 0 Å². The Hall–Kier alpha value is -1.64. The number of nitrogens with zero attached hydrogens (tertiary/aromatic N) is 1. The van der Waals surface area contributed by atoms with Gasteiger partial charge in [0.25, 0.3) is 10.0 Å². The predicted molar refractivity (Wildman–Crippen MR) is 94.0 cm³/mol. The highest BCUT2D eigenvalue weighted by Crippen LogP contribution is 2.23. The van der Waals surface area contributed by atoms with Crippen LogP contribution in [0.5, 0.6) is 0 Å². The Labute approximate surface area is 155 Å². The van der Waals surface area contributed by atoms with Crippen LogP contribution in [0.25, 0.3) is 0 Å². The third-order valence-electron chi connectivity index (χ3n) is 3.32. The van der Waals surface area contributed by atoms with Gasteiger partial charge < -0.3 is 4.74 Å². The first-order valence-corrected chi connectivity index (χ1v) is 9.19. The molecule has 25 heavy (non-hydrogen) atoms. The van der Waals surface area contributed by atoms with Gasteiger partial charge in [-0.3, -0.25) is 4.84 Å². The van der Waals surface area contributed by atoms with Crippen LogP contribution >= 0.6 is 23.2 Å². The number of halogens is 2. The summed E-state index contributed by atoms with van der Waals surface area (Å²) in [6.07, 6.45) is 0. The number of hydrogen-bond donors (Lipinski definition) is 0. The Kier molecular flexibility index (Phi) is 6.42. The Bertz CT molecular complexity index is 886. The molecule has 2 aromatic carbocycles. The minimum Gasteiger partial charge on any atom is -0.457 e. The number of esters is 1. The molecule has 0 radical (unpaired) electrons. The monoisotopic (exact) mass is 403 g/mol. The number of carbonyl (C=O) groups is 1. The van der Waals surface area contributed by atoms with E-state index in [0.29, 0.717) is 20.1 Å². The van der Waals surface area contributed by atoms with Crippen LogP contribution in [0, 0.1) is 0 Å². The Morgan fingerprint density at radius 2 is 1.84 bits per heavy atom. The number of hydroxylamine groups is 1. The lowest BCUT2D eigenvalue weighted by atomic mass is 10.2. The number of rotatable bonds is 6. The summed E-state index contributed by atoms with van der Waals surface area (Å²) >= 11 is 11.7. The van der Waals surface area contributed by atoms with E-state index < -0.39 is 16.0 Å². The minimum atomic E-state index is -3.85. The molecule has 2 rings (SSSR count). The van der Waals surface area contributed by atoms with Gasteiger partial charge in [-0.05, 0) is 35.9 Å². The van der Waals surface area contributed by atoms with Crippen LogP contribution in [-0.2, 0) is 26.2 Å². The third kappa shape index (κ3) is 4.71. The summed E-state index contributed by atoms with van der Waals surface area (Å²) in [5.41, 5.74) is 0.760. The molecule has 0 bridgehead atoms. The van der Waals surface area contributed by atoms with Crippen molar-refractivity contribution in [3.05, 3.63) is 63.6 Å². The Balaban J connectivity index is 2.15. The molecule has 0 aliphatic heterocycles. The molecular weight excluding hydrogens is 389 g/mol. The van der Waals surface area contributed by atoms with Crippen molar-refractivity contribution in [2.75, 3.05) is 14.2 Å². The SMILES string of the molecule is CON(C)S(=O)(=O)c1cccc(C(=O)OCc2ccc(Cl)c(Cl)c2)c1. The van der Waals surface area contributed by atoms with Crippen molar-refractivity contribution >= 4 is 39.2 Å². The Morgan fingerprint density at radius 3 is 2.48 bits per heavy atom. The Morgan fingerprint density at radius 1 is 1.12 bits per heavy atom. The molecule has 0 atom stereocenters. The van der Waals surface area contributed by atoms with Crippen LogP contribution in [0.15, 0.2) is 47.4 Å². The normalized spacial score (nSPS) is 11.6. The lowest BCUT2D eigenvalue weighted by Crippen LogP contribution is -2.25. The van der Waals surface area contributed by atoms with Gasteiger partial charge in [-0.15, -0.1) is 0 Å². The first-order chi connectivity index (χ1) is 11.8. The van der Waals surface area contributed by atoms with E-state index in [2.05, 4.69) is 0 Å². The van der Waals surface area contributed by atoms with Gasteiger partial charge in [0, 0.05) is 7.05 Å². The molecule has 0 aromatic heterocycles. The van der Waals surface area contributed by atoms with Crippen LogP contribution in [0.4, 0.5) is 0 Å². The maximum absolute atomic E-state index is 12.2. The second-order valence-electron chi connectivity index (χ2n) is 4.95. The van der Waals surface area contributed by atoms with Crippen molar-refractivity contribution in [3.8, 4) is 0 Å². The summed E-state index contributed by atoms with van der Waals surface area (Å²) in [4.78, 5) is 16.8. The zero-order chi connectivity index (χ0) is 18.6. The van der Waals surface area contributed by atoms with E-state index in [4.69, 9.17) is 32.8 Å². The summed E-state index contributed by atoms with van der Waals surface area (Å²) in [5.74, 6) is -0.664. The van der Waals surface area contributed by atoms with Gasteiger partial charge in [0.1, 0.15) is 6.61 Å². The number of hydrogen-bond acceptors (Lipinski definition) is 5. The first kappa shape index (κ1) is 19.7. The van der Waals surface area contributed by atoms with Gasteiger partial charge in [0.2, 0.25) is 0 Å². The molecule has 2 aromatic rings. The van der Waals surface area contributed by atoms with Crippen LogP contribution in [0.3, 0.4) is 0 Å². The summed E-state index contributed by atoms with van der Waals surface area (Å²) in [6.45, 7) is -0.0231. The highest BCUT2D eigenvalue weighted by molar-refractivity contribution is 7.89. The molecule has 0 heterocycles. The molecule has 0 unspecified atom stereocenters. The van der Waals surface area contributed by atoms with E-state index in [1.807, 2.05) is 0 Å². The summed E-state index contributed by atoms with van der Waals surface area (Å²) in [7, 11) is -1.37. The van der Waals surface area contributed by atoms with E-state index in [9.17, 15) is 13.2 Å². The molecule has 0 spiro atoms. The maximum Gasteiger partial charge on any atom is 0.338 e. The average Bonchev–Trinajstić information content (AvgIpc) is 2.61. The highest BCUT2D eigenvalue weighted by Gasteiger charge is 2.22. The molecular formula is C16H15Cl2NO5S. The van der Waals surface area contributed by atoms with E-state index in [1.165, 1.54) is 38.4 Å². The van der Waals surface area contributed by atoms with Crippen molar-refractivity contribution in [1.82, 2.24) is 4.47 Å². The lowest BCUT2D eigenvalue weighted by Gasteiger charge is -2.14. The zero-order valence-corrected chi connectivity index (χ0v) is 15.7. The zero-order valence-electron chi connectivity index (χ0n) is 13.4. The van der Waals surface area contributed by atoms with E-state index in [-0.39, 0.29) is 17.1 Å². The maximum atomic E-state index is 12.2. The van der Waals surface area contributed by atoms with Gasteiger partial charge in [-0.2, -0.15) is 0 Å². The fourth-order valence-electron chi connectivity index (χ4n) is 1.89. The molecule has 6 nitrogen and oxygen atoms in total. The smallest absolute Gasteiger partial charge is 0.338 e. The molecule has 0 amide bonds. The van der Waals surface area contributed by atoms with E-state index >= 15 is 0 Å². The van der Waals surface area contributed by atoms with Crippen LogP contribution in [0.1, 0.15) is 15.9 Å². The summed E-state index contributed by atoms with van der Waals surface area (Å²) in [6, 6.07) is 10.4. The lowest BCUT2D eigenvalue weighted by molar-refractivity contribution is -0.0258. The van der Waals surface area contributed by atoms with Gasteiger partial charge in [0.15, 0.2) is 0 Å². The molecule has 0 fully saturated rings. The molecule has 0 saturated carbocycles. The van der Waals surface area contributed by atoms with Crippen LogP contribution in [-0.4, -0.2) is 33.0 Å². The number of carbonyl (C=O) groups excluding carboxylic acids is 1. The first-order valence-electron chi connectivity index (χ1n) is 7.00. The topological polar surface area (TPSA) is 72.9 Å². The highest BCUT2D eigenvalue weighted by atomic mass is 35.5. The van der Waals surface area contributed by atoms with Crippen molar-refractivity contribution in [1.29, 1.82) is 0 Å². The third-order valence-corrected chi connectivity index (χ3v) is 5.73.